The number of amides is 1. The zero-order valence-electron chi connectivity index (χ0n) is 18.1. The summed E-state index contributed by atoms with van der Waals surface area (Å²) < 4.78 is 20.9. The summed E-state index contributed by atoms with van der Waals surface area (Å²) in [6.07, 6.45) is 1.54. The summed E-state index contributed by atoms with van der Waals surface area (Å²) in [5, 5.41) is 10.1. The third kappa shape index (κ3) is 9.15. The molecule has 0 unspecified atom stereocenters. The van der Waals surface area contributed by atoms with Gasteiger partial charge in [0.15, 0.2) is 0 Å². The number of nitrogens with two attached hydrogens (primary N) is 1. The summed E-state index contributed by atoms with van der Waals surface area (Å²) in [5.41, 5.74) is 6.35. The first kappa shape index (κ1) is 24.8. The summed E-state index contributed by atoms with van der Waals surface area (Å²) in [5.74, 6) is 0.316. The molecule has 0 aliphatic carbocycles. The molecule has 32 heavy (non-hydrogen) atoms. The molecule has 0 bridgehead atoms. The first-order valence-corrected chi connectivity index (χ1v) is 10.2. The van der Waals surface area contributed by atoms with Crippen molar-refractivity contribution in [1.29, 1.82) is 5.41 Å². The molecule has 1 amide bonds. The maximum absolute atomic E-state index is 12.3. The molecular formula is C23H29N3O6. The Hall–Kier alpha value is -3.43. The van der Waals surface area contributed by atoms with Gasteiger partial charge in [0.1, 0.15) is 23.9 Å². The summed E-state index contributed by atoms with van der Waals surface area (Å²) in [7, 11) is 1.58. The van der Waals surface area contributed by atoms with E-state index in [1.165, 1.54) is 0 Å². The van der Waals surface area contributed by atoms with Crippen LogP contribution in [0.25, 0.3) is 0 Å². The van der Waals surface area contributed by atoms with Crippen molar-refractivity contribution >= 4 is 17.7 Å². The first-order valence-electron chi connectivity index (χ1n) is 10.2. The Morgan fingerprint density at radius 1 is 0.906 bits per heavy atom. The predicted octanol–water partition coefficient (Wildman–Crippen LogP) is 2.13. The Balaban J connectivity index is 1.63. The highest BCUT2D eigenvalue weighted by atomic mass is 16.5. The molecule has 2 aromatic rings. The fraction of sp³-hybridized carbons (Fsp3) is 0.348. The molecule has 2 aromatic carbocycles. The molecule has 172 valence electrons. The van der Waals surface area contributed by atoms with Gasteiger partial charge in [0.05, 0.1) is 25.4 Å². The minimum absolute atomic E-state index is 0.0262. The van der Waals surface area contributed by atoms with Gasteiger partial charge in [0, 0.05) is 19.2 Å². The monoisotopic (exact) mass is 443 g/mol. The Kier molecular flexibility index (Phi) is 10.7. The lowest BCUT2D eigenvalue weighted by Gasteiger charge is -2.09. The van der Waals surface area contributed by atoms with Gasteiger partial charge in [-0.25, -0.2) is 4.79 Å². The maximum atomic E-state index is 12.3. The van der Waals surface area contributed by atoms with E-state index in [2.05, 4.69) is 5.32 Å². The number of nitrogens with one attached hydrogen (secondary N) is 2. The van der Waals surface area contributed by atoms with E-state index < -0.39 is 5.97 Å². The number of rotatable bonds is 14. The molecule has 0 atom stereocenters. The average molecular weight is 444 g/mol. The van der Waals surface area contributed by atoms with Gasteiger partial charge < -0.3 is 30.0 Å². The van der Waals surface area contributed by atoms with Crippen LogP contribution in [0.1, 0.15) is 28.8 Å². The van der Waals surface area contributed by atoms with Crippen LogP contribution in [-0.4, -0.2) is 57.8 Å². The van der Waals surface area contributed by atoms with Crippen LogP contribution < -0.4 is 20.5 Å². The number of carbonyl (C=O) groups is 2. The molecule has 0 saturated heterocycles. The van der Waals surface area contributed by atoms with Gasteiger partial charge in [-0.2, -0.15) is 0 Å². The number of hydrogen-bond donors (Lipinski definition) is 3. The fourth-order valence-corrected chi connectivity index (χ4v) is 2.56. The van der Waals surface area contributed by atoms with Crippen LogP contribution in [0.3, 0.4) is 0 Å². The third-order valence-electron chi connectivity index (χ3n) is 4.29. The summed E-state index contributed by atoms with van der Waals surface area (Å²) >= 11 is 0. The first-order chi connectivity index (χ1) is 15.5. The molecular weight excluding hydrogens is 414 g/mol. The summed E-state index contributed by atoms with van der Waals surface area (Å²) in [4.78, 5) is 23.8. The number of hydrogen-bond acceptors (Lipinski definition) is 7. The number of ether oxygens (including phenoxy) is 4. The van der Waals surface area contributed by atoms with E-state index in [-0.39, 0.29) is 18.3 Å². The normalized spacial score (nSPS) is 10.4. The van der Waals surface area contributed by atoms with Crippen molar-refractivity contribution in [2.24, 2.45) is 5.73 Å². The van der Waals surface area contributed by atoms with Gasteiger partial charge in [-0.05, 0) is 61.4 Å². The van der Waals surface area contributed by atoms with Crippen LogP contribution in [0.4, 0.5) is 0 Å². The minimum Gasteiger partial charge on any atom is -0.494 e. The van der Waals surface area contributed by atoms with Crippen molar-refractivity contribution in [1.82, 2.24) is 5.32 Å². The topological polar surface area (TPSA) is 133 Å². The molecule has 0 saturated carbocycles. The number of methoxy groups -OCH3 is 1. The van der Waals surface area contributed by atoms with Gasteiger partial charge in [-0.15, -0.1) is 0 Å². The Bertz CT molecular complexity index is 868. The Morgan fingerprint density at radius 3 is 2.22 bits per heavy atom. The van der Waals surface area contributed by atoms with E-state index in [0.29, 0.717) is 49.0 Å². The number of nitrogen functional groups attached to an aromatic ring is 1. The molecule has 0 fully saturated rings. The Labute approximate surface area is 187 Å². The van der Waals surface area contributed by atoms with Crippen LogP contribution in [0.15, 0.2) is 48.5 Å². The molecule has 0 aliphatic heterocycles. The van der Waals surface area contributed by atoms with Crippen molar-refractivity contribution in [3.8, 4) is 11.5 Å². The van der Waals surface area contributed by atoms with E-state index in [1.807, 2.05) is 0 Å². The van der Waals surface area contributed by atoms with E-state index in [1.54, 1.807) is 55.6 Å². The number of amidine groups is 1. The van der Waals surface area contributed by atoms with Crippen LogP contribution in [0, 0.1) is 5.41 Å². The number of unbranched alkanes of at least 4 members (excludes halogenated alkanes) is 1. The zero-order valence-corrected chi connectivity index (χ0v) is 18.1. The second-order valence-electron chi connectivity index (χ2n) is 6.80. The quantitative estimate of drug-likeness (QED) is 0.134. The summed E-state index contributed by atoms with van der Waals surface area (Å²) in [6, 6.07) is 13.1. The second-order valence-corrected chi connectivity index (χ2v) is 6.80. The van der Waals surface area contributed by atoms with E-state index in [9.17, 15) is 9.59 Å². The fourth-order valence-electron chi connectivity index (χ4n) is 2.56. The molecule has 0 aromatic heterocycles. The number of carbonyl (C=O) groups excluding carboxylic acids is 2. The molecule has 0 heterocycles. The third-order valence-corrected chi connectivity index (χ3v) is 4.29. The van der Waals surface area contributed by atoms with E-state index in [0.717, 1.165) is 12.8 Å². The average Bonchev–Trinajstić information content (AvgIpc) is 2.79. The molecule has 0 spiro atoms. The SMILES string of the molecule is COCCOCC(=O)NCCCCOc1ccc(C(=O)Oc2ccc(C(=N)N)cc2)cc1. The second kappa shape index (κ2) is 13.8. The van der Waals surface area contributed by atoms with Gasteiger partial charge in [-0.3, -0.25) is 10.2 Å². The van der Waals surface area contributed by atoms with Gasteiger partial charge in [0.2, 0.25) is 5.91 Å². The molecule has 0 aliphatic rings. The zero-order chi connectivity index (χ0) is 23.2. The predicted molar refractivity (Wildman–Crippen MR) is 119 cm³/mol. The van der Waals surface area contributed by atoms with Crippen molar-refractivity contribution in [2.45, 2.75) is 12.8 Å². The van der Waals surface area contributed by atoms with Gasteiger partial charge in [-0.1, -0.05) is 0 Å². The van der Waals surface area contributed by atoms with Crippen LogP contribution >= 0.6 is 0 Å². The number of benzene rings is 2. The lowest BCUT2D eigenvalue weighted by Crippen LogP contribution is -2.29. The van der Waals surface area contributed by atoms with E-state index in [4.69, 9.17) is 30.1 Å². The minimum atomic E-state index is -0.492. The summed E-state index contributed by atoms with van der Waals surface area (Å²) in [6.45, 7) is 1.92. The highest BCUT2D eigenvalue weighted by Crippen LogP contribution is 2.17. The smallest absolute Gasteiger partial charge is 0.343 e. The highest BCUT2D eigenvalue weighted by Gasteiger charge is 2.09. The van der Waals surface area contributed by atoms with Gasteiger partial charge in [0.25, 0.3) is 0 Å². The van der Waals surface area contributed by atoms with Crippen molar-refractivity contribution in [2.75, 3.05) is 40.1 Å². The van der Waals surface area contributed by atoms with Crippen LogP contribution in [0.2, 0.25) is 0 Å². The van der Waals surface area contributed by atoms with Crippen LogP contribution in [-0.2, 0) is 14.3 Å². The highest BCUT2D eigenvalue weighted by molar-refractivity contribution is 5.95. The molecule has 2 rings (SSSR count). The van der Waals surface area contributed by atoms with Gasteiger partial charge >= 0.3 is 5.97 Å². The maximum Gasteiger partial charge on any atom is 0.343 e. The van der Waals surface area contributed by atoms with Crippen LogP contribution in [0.5, 0.6) is 11.5 Å². The van der Waals surface area contributed by atoms with E-state index >= 15 is 0 Å². The molecule has 4 N–H and O–H groups in total. The largest absolute Gasteiger partial charge is 0.494 e. The standard InChI is InChI=1S/C23H29N3O6/c1-29-14-15-30-16-21(27)26-12-2-3-13-31-19-8-6-18(7-9-19)23(28)32-20-10-4-17(5-11-20)22(24)25/h4-11H,2-3,12-16H2,1H3,(H3,24,25)(H,26,27). The molecule has 9 heteroatoms. The number of esters is 1. The molecule has 0 radical (unpaired) electrons. The Morgan fingerprint density at radius 2 is 1.56 bits per heavy atom. The lowest BCUT2D eigenvalue weighted by atomic mass is 10.2. The van der Waals surface area contributed by atoms with Crippen molar-refractivity contribution in [3.05, 3.63) is 59.7 Å². The van der Waals surface area contributed by atoms with Crippen molar-refractivity contribution < 1.29 is 28.5 Å². The molecule has 9 nitrogen and oxygen atoms in total. The lowest BCUT2D eigenvalue weighted by molar-refractivity contribution is -0.126. The van der Waals surface area contributed by atoms with Crippen molar-refractivity contribution in [3.63, 3.8) is 0 Å².